The minimum Gasteiger partial charge on any atom is -0.478 e. The van der Waals surface area contributed by atoms with Crippen molar-refractivity contribution in [2.45, 2.75) is 6.18 Å². The molecule has 11 heteroatoms. The van der Waals surface area contributed by atoms with E-state index < -0.39 is 12.8 Å². The van der Waals surface area contributed by atoms with Crippen molar-refractivity contribution in [2.24, 2.45) is 7.05 Å². The normalized spacial score (nSPS) is 11.6. The zero-order valence-corrected chi connectivity index (χ0v) is 15.1. The number of imidazole rings is 1. The first kappa shape index (κ1) is 19.2. The number of carbonyl (C=O) groups excluding carboxylic acids is 1. The van der Waals surface area contributed by atoms with E-state index in [0.29, 0.717) is 17.3 Å². The Morgan fingerprint density at radius 2 is 2.00 bits per heavy atom. The highest BCUT2D eigenvalue weighted by atomic mass is 35.5. The Morgan fingerprint density at radius 3 is 2.67 bits per heavy atom. The molecule has 0 aliphatic rings. The number of benzene rings is 1. The molecule has 2 aromatic heterocycles. The van der Waals surface area contributed by atoms with Gasteiger partial charge in [0.15, 0.2) is 30.2 Å². The number of alkyl halides is 3. The highest BCUT2D eigenvalue weighted by molar-refractivity contribution is 6.36. The lowest BCUT2D eigenvalue weighted by Crippen LogP contribution is -2.19. The Morgan fingerprint density at radius 1 is 1.26 bits per heavy atom. The van der Waals surface area contributed by atoms with Crippen LogP contribution in [0.3, 0.4) is 0 Å². The maximum Gasteiger partial charge on any atom is 0.422 e. The minimum atomic E-state index is -4.55. The van der Waals surface area contributed by atoms with Crippen LogP contribution in [0.1, 0.15) is 10.6 Å². The predicted molar refractivity (Wildman–Crippen MR) is 92.0 cm³/mol. The van der Waals surface area contributed by atoms with Crippen LogP contribution in [0, 0.1) is 0 Å². The van der Waals surface area contributed by atoms with E-state index in [9.17, 15) is 18.0 Å². The van der Waals surface area contributed by atoms with Gasteiger partial charge in [0.1, 0.15) is 10.5 Å². The molecule has 0 fully saturated rings. The fourth-order valence-electron chi connectivity index (χ4n) is 2.26. The van der Waals surface area contributed by atoms with E-state index in [1.54, 1.807) is 13.1 Å². The lowest BCUT2D eigenvalue weighted by Gasteiger charge is -2.14. The van der Waals surface area contributed by atoms with Crippen molar-refractivity contribution in [3.8, 4) is 17.4 Å². The van der Waals surface area contributed by atoms with Gasteiger partial charge in [-0.3, -0.25) is 4.79 Å². The third kappa shape index (κ3) is 4.09. The fraction of sp³-hybridized carbons (Fsp3) is 0.188. The molecule has 0 radical (unpaired) electrons. The molecule has 1 aromatic carbocycles. The second kappa shape index (κ2) is 7.24. The number of aromatic nitrogens is 3. The molecule has 27 heavy (non-hydrogen) atoms. The molecule has 0 amide bonds. The topological polar surface area (TPSA) is 66.2 Å². The standard InChI is InChI=1S/C16H10Cl2F3N3O3/c1-24-9-2-3-10(13(18)14(9)23-12(24)6-25)27-15-11(4-8(17)5-22-15)26-7-16(19,20)21/h2-6H,7H2,1H3. The van der Waals surface area contributed by atoms with Crippen molar-refractivity contribution in [3.63, 3.8) is 0 Å². The number of halogens is 5. The van der Waals surface area contributed by atoms with E-state index >= 15 is 0 Å². The fourth-order valence-corrected chi connectivity index (χ4v) is 2.65. The lowest BCUT2D eigenvalue weighted by atomic mass is 10.3. The maximum absolute atomic E-state index is 12.4. The Bertz CT molecular complexity index is 1020. The van der Waals surface area contributed by atoms with Gasteiger partial charge in [-0.05, 0) is 12.1 Å². The van der Waals surface area contributed by atoms with Crippen molar-refractivity contribution in [2.75, 3.05) is 6.61 Å². The van der Waals surface area contributed by atoms with Crippen molar-refractivity contribution >= 4 is 40.5 Å². The number of ether oxygens (including phenoxy) is 2. The van der Waals surface area contributed by atoms with Crippen molar-refractivity contribution in [3.05, 3.63) is 40.3 Å². The van der Waals surface area contributed by atoms with Gasteiger partial charge in [0.2, 0.25) is 0 Å². The number of pyridine rings is 1. The second-order valence-electron chi connectivity index (χ2n) is 5.36. The first-order valence-corrected chi connectivity index (χ1v) is 8.08. The molecule has 2 heterocycles. The van der Waals surface area contributed by atoms with E-state index in [0.717, 1.165) is 6.07 Å². The third-order valence-electron chi connectivity index (χ3n) is 3.48. The van der Waals surface area contributed by atoms with Crippen LogP contribution in [0.5, 0.6) is 17.4 Å². The molecule has 0 unspecified atom stereocenters. The molecule has 3 rings (SSSR count). The molecule has 0 N–H and O–H groups in total. The number of hydrogen-bond acceptors (Lipinski definition) is 5. The molecule has 0 saturated carbocycles. The summed E-state index contributed by atoms with van der Waals surface area (Å²) in [5.74, 6) is -0.323. The van der Waals surface area contributed by atoms with Gasteiger partial charge in [0, 0.05) is 19.3 Å². The summed E-state index contributed by atoms with van der Waals surface area (Å²) in [6.45, 7) is -1.54. The van der Waals surface area contributed by atoms with Crippen LogP contribution in [0.15, 0.2) is 24.4 Å². The zero-order chi connectivity index (χ0) is 19.8. The summed E-state index contributed by atoms with van der Waals surface area (Å²) < 4.78 is 49.1. The van der Waals surface area contributed by atoms with E-state index in [1.165, 1.54) is 16.8 Å². The average Bonchev–Trinajstić information content (AvgIpc) is 2.93. The van der Waals surface area contributed by atoms with Gasteiger partial charge in [-0.25, -0.2) is 9.97 Å². The summed E-state index contributed by atoms with van der Waals surface area (Å²) >= 11 is 12.0. The second-order valence-corrected chi connectivity index (χ2v) is 6.17. The molecule has 0 bridgehead atoms. The minimum absolute atomic E-state index is 0.0646. The molecule has 3 aromatic rings. The summed E-state index contributed by atoms with van der Waals surface area (Å²) in [5, 5.41) is 0.135. The van der Waals surface area contributed by atoms with Crippen LogP contribution in [-0.4, -0.2) is 33.6 Å². The summed E-state index contributed by atoms with van der Waals surface area (Å²) in [6, 6.07) is 4.22. The summed E-state index contributed by atoms with van der Waals surface area (Å²) in [7, 11) is 1.64. The first-order valence-electron chi connectivity index (χ1n) is 7.32. The molecule has 0 atom stereocenters. The summed E-state index contributed by atoms with van der Waals surface area (Å²) in [5.41, 5.74) is 0.873. The van der Waals surface area contributed by atoms with Crippen LogP contribution in [0.4, 0.5) is 13.2 Å². The molecule has 142 valence electrons. The van der Waals surface area contributed by atoms with E-state index in [2.05, 4.69) is 9.97 Å². The quantitative estimate of drug-likeness (QED) is 0.554. The number of fused-ring (bicyclic) bond motifs is 1. The van der Waals surface area contributed by atoms with Crippen LogP contribution in [0.2, 0.25) is 10.0 Å². The Balaban J connectivity index is 1.97. The predicted octanol–water partition coefficient (Wildman–Crippen LogP) is 4.82. The Hall–Kier alpha value is -2.52. The molecule has 6 nitrogen and oxygen atoms in total. The molecule has 0 aliphatic carbocycles. The highest BCUT2D eigenvalue weighted by Gasteiger charge is 2.29. The molecule has 0 saturated heterocycles. The zero-order valence-electron chi connectivity index (χ0n) is 13.6. The van der Waals surface area contributed by atoms with Crippen molar-refractivity contribution in [1.82, 2.24) is 14.5 Å². The van der Waals surface area contributed by atoms with Crippen LogP contribution in [0.25, 0.3) is 11.0 Å². The Kier molecular flexibility index (Phi) is 5.16. The van der Waals surface area contributed by atoms with Gasteiger partial charge in [-0.2, -0.15) is 13.2 Å². The number of rotatable bonds is 5. The van der Waals surface area contributed by atoms with Gasteiger partial charge in [-0.1, -0.05) is 23.2 Å². The van der Waals surface area contributed by atoms with Crippen LogP contribution < -0.4 is 9.47 Å². The van der Waals surface area contributed by atoms with Crippen LogP contribution >= 0.6 is 23.2 Å². The van der Waals surface area contributed by atoms with Crippen molar-refractivity contribution < 1.29 is 27.4 Å². The maximum atomic E-state index is 12.4. The lowest BCUT2D eigenvalue weighted by molar-refractivity contribution is -0.153. The molecule has 0 aliphatic heterocycles. The van der Waals surface area contributed by atoms with Crippen LogP contribution in [-0.2, 0) is 7.05 Å². The van der Waals surface area contributed by atoms with E-state index in [4.69, 9.17) is 32.7 Å². The number of aldehydes is 1. The highest BCUT2D eigenvalue weighted by Crippen LogP contribution is 2.38. The average molecular weight is 420 g/mol. The number of aryl methyl sites for hydroxylation is 1. The monoisotopic (exact) mass is 419 g/mol. The number of hydrogen-bond donors (Lipinski definition) is 0. The molecular weight excluding hydrogens is 410 g/mol. The molecule has 0 spiro atoms. The van der Waals surface area contributed by atoms with Gasteiger partial charge in [-0.15, -0.1) is 0 Å². The SMILES string of the molecule is Cn1c(C=O)nc2c(Cl)c(Oc3ncc(Cl)cc3OCC(F)(F)F)ccc21. The van der Waals surface area contributed by atoms with Gasteiger partial charge in [0.25, 0.3) is 5.88 Å². The van der Waals surface area contributed by atoms with E-state index in [-0.39, 0.29) is 33.2 Å². The first-order chi connectivity index (χ1) is 12.7. The van der Waals surface area contributed by atoms with Gasteiger partial charge < -0.3 is 14.0 Å². The van der Waals surface area contributed by atoms with Gasteiger partial charge >= 0.3 is 6.18 Å². The smallest absolute Gasteiger partial charge is 0.422 e. The van der Waals surface area contributed by atoms with Crippen molar-refractivity contribution in [1.29, 1.82) is 0 Å². The molecular formula is C16H10Cl2F3N3O3. The third-order valence-corrected chi connectivity index (χ3v) is 4.05. The largest absolute Gasteiger partial charge is 0.478 e. The van der Waals surface area contributed by atoms with E-state index in [1.807, 2.05) is 0 Å². The summed E-state index contributed by atoms with van der Waals surface area (Å²) in [4.78, 5) is 19.0. The summed E-state index contributed by atoms with van der Waals surface area (Å²) in [6.07, 6.45) is -2.79. The Labute approximate surface area is 160 Å². The number of nitrogens with zero attached hydrogens (tertiary/aromatic N) is 3. The number of carbonyl (C=O) groups is 1. The van der Waals surface area contributed by atoms with Gasteiger partial charge in [0.05, 0.1) is 10.5 Å².